The van der Waals surface area contributed by atoms with Crippen molar-refractivity contribution in [2.24, 2.45) is 9.98 Å². The first-order valence-corrected chi connectivity index (χ1v) is 6.95. The maximum Gasteiger partial charge on any atom is 0 e. The van der Waals surface area contributed by atoms with Gasteiger partial charge in [0.2, 0.25) is 0 Å². The van der Waals surface area contributed by atoms with Crippen LogP contribution in [0.1, 0.15) is 27.7 Å². The maximum atomic E-state index is 7.50. The van der Waals surface area contributed by atoms with Crippen molar-refractivity contribution in [2.45, 2.75) is 39.8 Å². The summed E-state index contributed by atoms with van der Waals surface area (Å²) in [5.74, 6) is 0. The predicted octanol–water partition coefficient (Wildman–Crippen LogP) is 3.47. The van der Waals surface area contributed by atoms with Crippen LogP contribution in [0, 0.1) is 20.7 Å². The van der Waals surface area contributed by atoms with Crippen molar-refractivity contribution < 1.29 is 39.9 Å². The van der Waals surface area contributed by atoms with Crippen LogP contribution in [0.15, 0.2) is 9.98 Å². The van der Waals surface area contributed by atoms with Gasteiger partial charge in [0.15, 0.2) is 0 Å². The topological polar surface area (TPSA) is 92.2 Å². The molecule has 0 aliphatic carbocycles. The van der Waals surface area contributed by atoms with Gasteiger partial charge in [-0.15, -0.1) is 0 Å². The van der Waals surface area contributed by atoms with Crippen molar-refractivity contribution in [3.05, 3.63) is 20.7 Å². The fraction of sp³-hybridized carbons (Fsp3) is 0.643. The van der Waals surface area contributed by atoms with E-state index in [1.54, 1.807) is 33.8 Å². The molecular formula is C14H28MnN2O5P-. The summed E-state index contributed by atoms with van der Waals surface area (Å²) >= 11 is 0. The van der Waals surface area contributed by atoms with Gasteiger partial charge >= 0.3 is 31.2 Å². The second kappa shape index (κ2) is 37.7. The average Bonchev–Trinajstić information content (AvgIpc) is 2.50. The number of rotatable bonds is 6. The third-order valence-corrected chi connectivity index (χ3v) is 2.18. The van der Waals surface area contributed by atoms with Gasteiger partial charge in [-0.3, -0.25) is 9.98 Å². The van der Waals surface area contributed by atoms with Crippen molar-refractivity contribution in [1.29, 1.82) is 0 Å². The Kier molecular flexibility index (Phi) is 62.8. The van der Waals surface area contributed by atoms with Gasteiger partial charge in [-0.25, -0.2) is 0 Å². The largest absolute Gasteiger partial charge is 0.358 e. The van der Waals surface area contributed by atoms with Crippen molar-refractivity contribution >= 4 is 21.0 Å². The molecule has 137 valence electrons. The van der Waals surface area contributed by atoms with Gasteiger partial charge in [-0.1, -0.05) is 0 Å². The third-order valence-electron chi connectivity index (χ3n) is 1.28. The summed E-state index contributed by atoms with van der Waals surface area (Å²) in [5.41, 5.74) is 0. The minimum Gasteiger partial charge on any atom is -0.358 e. The number of hydrogen-bond acceptors (Lipinski definition) is 5. The summed E-state index contributed by atoms with van der Waals surface area (Å²) in [5, 5.41) is 0. The molecule has 0 aliphatic rings. The molecule has 0 heterocycles. The first kappa shape index (κ1) is 38.3. The van der Waals surface area contributed by atoms with Gasteiger partial charge < -0.3 is 21.0 Å². The van der Waals surface area contributed by atoms with Gasteiger partial charge in [0.05, 0.1) is 0 Å². The van der Waals surface area contributed by atoms with Crippen molar-refractivity contribution in [2.75, 3.05) is 21.3 Å². The molecule has 0 aromatic heterocycles. The molecule has 0 bridgehead atoms. The summed E-state index contributed by atoms with van der Waals surface area (Å²) < 4.78 is 29.0. The second-order valence-corrected chi connectivity index (χ2v) is 5.10. The Hall–Kier alpha value is -0.351. The molecule has 0 fully saturated rings. The SMILES string of the molecule is CC(C)N=CC=NC(C)C.COP(OC)OC.[C-]#[O+].[C-]#[O+].[CH3-].[Mn]. The zero-order valence-corrected chi connectivity index (χ0v) is 17.1. The Balaban J connectivity index is -0.0000000494. The van der Waals surface area contributed by atoms with Crippen LogP contribution < -0.4 is 0 Å². The standard InChI is InChI=1S/C8H16N2.C3H9O3P.2CO.CH3.Mn/c1-7(2)9-5-6-10-8(3)4;1-4-7(5-2)6-3;2*1-2;;/h5-8H,1-4H3;1-3H3;;;1H3;/q;;;;-1;. The monoisotopic (exact) mass is 390 g/mol. The van der Waals surface area contributed by atoms with E-state index in [1.807, 2.05) is 27.7 Å². The van der Waals surface area contributed by atoms with Crippen LogP contribution in [-0.4, -0.2) is 45.8 Å². The molecule has 0 N–H and O–H groups in total. The van der Waals surface area contributed by atoms with Gasteiger partial charge in [0.1, 0.15) is 0 Å². The Bertz CT molecular complexity index is 253. The van der Waals surface area contributed by atoms with E-state index in [0.717, 1.165) is 0 Å². The molecule has 7 nitrogen and oxygen atoms in total. The molecule has 0 unspecified atom stereocenters. The van der Waals surface area contributed by atoms with Crippen LogP contribution >= 0.6 is 8.60 Å². The molecule has 0 spiro atoms. The summed E-state index contributed by atoms with van der Waals surface area (Å²) in [6, 6.07) is 0.747. The molecule has 23 heavy (non-hydrogen) atoms. The summed E-state index contributed by atoms with van der Waals surface area (Å²) in [6.45, 7) is 17.2. The molecule has 9 heteroatoms. The average molecular weight is 390 g/mol. The molecule has 0 aromatic carbocycles. The molecular weight excluding hydrogens is 362 g/mol. The number of aliphatic imine (C=N–C) groups is 2. The minimum absolute atomic E-state index is 0. The molecule has 0 aromatic rings. The summed E-state index contributed by atoms with van der Waals surface area (Å²) in [6.07, 6.45) is 3.51. The van der Waals surface area contributed by atoms with E-state index >= 15 is 0 Å². The van der Waals surface area contributed by atoms with E-state index in [4.69, 9.17) is 9.30 Å². The van der Waals surface area contributed by atoms with Crippen LogP contribution in [0.25, 0.3) is 0 Å². The fourth-order valence-corrected chi connectivity index (χ4v) is 1.09. The third kappa shape index (κ3) is 52.2. The summed E-state index contributed by atoms with van der Waals surface area (Å²) in [4.78, 5) is 8.24. The maximum absolute atomic E-state index is 7.50. The van der Waals surface area contributed by atoms with E-state index in [9.17, 15) is 0 Å². The molecule has 0 saturated carbocycles. The van der Waals surface area contributed by atoms with Crippen molar-refractivity contribution in [3.8, 4) is 0 Å². The number of nitrogens with zero attached hydrogens (tertiary/aromatic N) is 2. The van der Waals surface area contributed by atoms with E-state index in [1.165, 1.54) is 0 Å². The van der Waals surface area contributed by atoms with Crippen LogP contribution in [0.5, 0.6) is 0 Å². The van der Waals surface area contributed by atoms with Crippen molar-refractivity contribution in [3.63, 3.8) is 0 Å². The molecule has 0 saturated heterocycles. The smallest absolute Gasteiger partial charge is 0 e. The van der Waals surface area contributed by atoms with Crippen LogP contribution in [0.2, 0.25) is 0 Å². The first-order chi connectivity index (χ1) is 9.97. The Labute approximate surface area is 153 Å². The van der Waals surface area contributed by atoms with Gasteiger partial charge in [-0.05, 0) is 27.7 Å². The van der Waals surface area contributed by atoms with Crippen LogP contribution in [0.4, 0.5) is 0 Å². The molecule has 0 atom stereocenters. The van der Waals surface area contributed by atoms with E-state index < -0.39 is 8.60 Å². The van der Waals surface area contributed by atoms with Crippen molar-refractivity contribution in [1.82, 2.24) is 0 Å². The van der Waals surface area contributed by atoms with Gasteiger partial charge in [0.25, 0.3) is 0 Å². The molecule has 0 aliphatic heterocycles. The van der Waals surface area contributed by atoms with E-state index in [2.05, 4.69) is 36.9 Å². The molecule has 0 rings (SSSR count). The van der Waals surface area contributed by atoms with Gasteiger partial charge in [-0.2, -0.15) is 0 Å². The summed E-state index contributed by atoms with van der Waals surface area (Å²) in [7, 11) is 3.57. The normalized spacial score (nSPS) is 8.96. The molecule has 0 amide bonds. The number of hydrogen-bond donors (Lipinski definition) is 0. The zero-order valence-electron chi connectivity index (χ0n) is 15.1. The fourth-order valence-electron chi connectivity index (χ4n) is 0.645. The zero-order chi connectivity index (χ0) is 17.7. The predicted molar refractivity (Wildman–Crippen MR) is 89.5 cm³/mol. The first-order valence-electron chi connectivity index (χ1n) is 5.86. The van der Waals surface area contributed by atoms with Crippen LogP contribution in [-0.2, 0) is 39.9 Å². The van der Waals surface area contributed by atoms with E-state index in [0.29, 0.717) is 12.1 Å². The minimum atomic E-state index is -1.05. The van der Waals surface area contributed by atoms with E-state index in [-0.39, 0.29) is 24.5 Å². The quantitative estimate of drug-likeness (QED) is 0.229. The van der Waals surface area contributed by atoms with Gasteiger partial charge in [0, 0.05) is 62.9 Å². The molecule has 1 radical (unpaired) electrons. The second-order valence-electron chi connectivity index (χ2n) is 3.56. The Morgan fingerprint density at radius 2 is 1.00 bits per heavy atom. The Morgan fingerprint density at radius 3 is 1.09 bits per heavy atom. The van der Waals surface area contributed by atoms with Crippen LogP contribution in [0.3, 0.4) is 0 Å². The Morgan fingerprint density at radius 1 is 0.783 bits per heavy atom.